The number of fused-ring (bicyclic) bond motifs is 2. The standard InChI is InChI=1S/C43H51N3O7/c1-44-15-12-28-21-29(25-47)38-22-33(28)35(44)18-26-6-9-31(10-7-26)52-39-20-27(8-11-37(39)49-3)19-36-40-32(14-16-45(36)2)34(24-46-17-13-30(48)23-46)41(50-4)43(51-5)42(40)53-38/h6-11,20-22,30,35-36,47-48H,12-19,23-25H2,1-5H3/t30?,35-,36-/m0/s1. The largest absolute Gasteiger partial charge is 0.493 e. The molecular formula is C43H51N3O7. The molecule has 4 aromatic rings. The number of methoxy groups -OCH3 is 3. The second kappa shape index (κ2) is 14.8. The van der Waals surface area contributed by atoms with Crippen LogP contribution in [0.25, 0.3) is 0 Å². The summed E-state index contributed by atoms with van der Waals surface area (Å²) in [5.41, 5.74) is 8.76. The molecule has 0 spiro atoms. The van der Waals surface area contributed by atoms with Crippen LogP contribution < -0.4 is 23.7 Å². The van der Waals surface area contributed by atoms with Crippen LogP contribution in [0, 0.1) is 0 Å². The normalized spacial score (nSPS) is 21.6. The maximum Gasteiger partial charge on any atom is 0.204 e. The lowest BCUT2D eigenvalue weighted by atomic mass is 9.84. The Bertz CT molecular complexity index is 1980. The van der Waals surface area contributed by atoms with Crippen molar-refractivity contribution in [3.63, 3.8) is 0 Å². The van der Waals surface area contributed by atoms with Crippen LogP contribution in [0.4, 0.5) is 0 Å². The molecule has 5 aliphatic heterocycles. The predicted octanol–water partition coefficient (Wildman–Crippen LogP) is 6.21. The SMILES string of the molecule is COc1ccc2cc1Oc1ccc(cc1)C[C@H]1c3cc(c(CO)cc3CCN1C)Oc1c(OC)c(OC)c(CN3CCC(O)C3)c3c1[C@H](C2)N(C)CC3. The van der Waals surface area contributed by atoms with Gasteiger partial charge in [0.05, 0.1) is 34.0 Å². The zero-order chi connectivity index (χ0) is 36.8. The maximum absolute atomic E-state index is 10.8. The molecule has 5 heterocycles. The molecule has 3 atom stereocenters. The second-order valence-corrected chi connectivity index (χ2v) is 15.0. The lowest BCUT2D eigenvalue weighted by Gasteiger charge is -2.39. The molecule has 1 saturated heterocycles. The number of aliphatic hydroxyl groups excluding tert-OH is 2. The molecule has 1 fully saturated rings. The van der Waals surface area contributed by atoms with E-state index >= 15 is 0 Å². The fourth-order valence-corrected chi connectivity index (χ4v) is 8.91. The highest BCUT2D eigenvalue weighted by Crippen LogP contribution is 2.53. The van der Waals surface area contributed by atoms with Gasteiger partial charge in [0.25, 0.3) is 0 Å². The molecule has 1 unspecified atom stereocenters. The molecule has 10 nitrogen and oxygen atoms in total. The molecule has 0 amide bonds. The quantitative estimate of drug-likeness (QED) is 0.239. The zero-order valence-corrected chi connectivity index (χ0v) is 31.5. The minimum atomic E-state index is -0.339. The Morgan fingerprint density at radius 1 is 0.774 bits per heavy atom. The van der Waals surface area contributed by atoms with Gasteiger partial charge >= 0.3 is 0 Å². The van der Waals surface area contributed by atoms with Crippen molar-refractivity contribution in [3.8, 4) is 40.2 Å². The van der Waals surface area contributed by atoms with E-state index in [9.17, 15) is 10.2 Å². The van der Waals surface area contributed by atoms with Gasteiger partial charge in [-0.05, 0) is 110 Å². The summed E-state index contributed by atoms with van der Waals surface area (Å²) in [6.45, 7) is 3.65. The van der Waals surface area contributed by atoms with E-state index in [1.165, 1.54) is 22.3 Å². The Labute approximate surface area is 312 Å². The third-order valence-corrected chi connectivity index (χ3v) is 11.8. The predicted molar refractivity (Wildman–Crippen MR) is 203 cm³/mol. The number of likely N-dealkylation sites (N-methyl/N-ethyl adjacent to an activating group) is 2. The average molecular weight is 722 g/mol. The molecule has 53 heavy (non-hydrogen) atoms. The molecule has 6 bridgehead atoms. The number of ether oxygens (including phenoxy) is 5. The molecule has 0 aromatic heterocycles. The van der Waals surface area contributed by atoms with E-state index in [1.807, 2.05) is 18.2 Å². The second-order valence-electron chi connectivity index (χ2n) is 15.0. The fraction of sp³-hybridized carbons (Fsp3) is 0.442. The van der Waals surface area contributed by atoms with Gasteiger partial charge in [-0.2, -0.15) is 0 Å². The van der Waals surface area contributed by atoms with Crippen LogP contribution in [0.1, 0.15) is 63.0 Å². The van der Waals surface area contributed by atoms with Gasteiger partial charge < -0.3 is 33.9 Å². The number of hydrogen-bond donors (Lipinski definition) is 2. The van der Waals surface area contributed by atoms with Crippen LogP contribution in [0.3, 0.4) is 0 Å². The fourth-order valence-electron chi connectivity index (χ4n) is 8.91. The number of β-amino-alcohol motifs (C(OH)–C–C–N with tert-alkyl or cyclic N) is 1. The number of rotatable bonds is 6. The van der Waals surface area contributed by atoms with Crippen molar-refractivity contribution in [1.82, 2.24) is 14.7 Å². The van der Waals surface area contributed by atoms with Gasteiger partial charge in [0.1, 0.15) is 11.5 Å². The van der Waals surface area contributed by atoms with Crippen molar-refractivity contribution >= 4 is 0 Å². The summed E-state index contributed by atoms with van der Waals surface area (Å²) in [5.74, 6) is 4.49. The summed E-state index contributed by atoms with van der Waals surface area (Å²) in [7, 11) is 9.38. The minimum Gasteiger partial charge on any atom is -0.493 e. The highest BCUT2D eigenvalue weighted by Gasteiger charge is 2.38. The van der Waals surface area contributed by atoms with Crippen molar-refractivity contribution in [1.29, 1.82) is 0 Å². The molecule has 0 radical (unpaired) electrons. The number of hydrogen-bond acceptors (Lipinski definition) is 10. The van der Waals surface area contributed by atoms with Crippen LogP contribution in [0.5, 0.6) is 40.2 Å². The van der Waals surface area contributed by atoms with Crippen molar-refractivity contribution in [2.75, 3.05) is 61.6 Å². The van der Waals surface area contributed by atoms with Gasteiger partial charge in [0.2, 0.25) is 5.75 Å². The average Bonchev–Trinajstić information content (AvgIpc) is 3.58. The third-order valence-electron chi connectivity index (χ3n) is 11.8. The molecule has 4 aromatic carbocycles. The summed E-state index contributed by atoms with van der Waals surface area (Å²) in [4.78, 5) is 7.09. The first kappa shape index (κ1) is 35.7. The van der Waals surface area contributed by atoms with Crippen LogP contribution >= 0.6 is 0 Å². The van der Waals surface area contributed by atoms with Crippen LogP contribution in [0.2, 0.25) is 0 Å². The minimum absolute atomic E-state index is 0.0926. The zero-order valence-electron chi connectivity index (χ0n) is 31.5. The van der Waals surface area contributed by atoms with E-state index in [2.05, 4.69) is 65.2 Å². The Hall–Kier alpha value is -4.32. The number of likely N-dealkylation sites (tertiary alicyclic amines) is 1. The van der Waals surface area contributed by atoms with Gasteiger partial charge in [-0.15, -0.1) is 0 Å². The molecule has 2 N–H and O–H groups in total. The number of aliphatic hydroxyl groups is 2. The third kappa shape index (κ3) is 6.72. The van der Waals surface area contributed by atoms with Crippen molar-refractivity contribution in [2.45, 2.75) is 63.4 Å². The van der Waals surface area contributed by atoms with E-state index in [1.54, 1.807) is 21.3 Å². The highest BCUT2D eigenvalue weighted by molar-refractivity contribution is 5.67. The van der Waals surface area contributed by atoms with E-state index in [4.69, 9.17) is 23.7 Å². The Kier molecular flexibility index (Phi) is 9.99. The van der Waals surface area contributed by atoms with Crippen LogP contribution in [-0.4, -0.2) is 92.6 Å². The van der Waals surface area contributed by atoms with Crippen LogP contribution in [-0.2, 0) is 38.8 Å². The number of nitrogens with zero attached hydrogens (tertiary/aromatic N) is 3. The van der Waals surface area contributed by atoms with Gasteiger partial charge in [-0.25, -0.2) is 0 Å². The Morgan fingerprint density at radius 3 is 2.23 bits per heavy atom. The van der Waals surface area contributed by atoms with Crippen molar-refractivity contribution in [3.05, 3.63) is 99.1 Å². The summed E-state index contributed by atoms with van der Waals surface area (Å²) in [6.07, 6.45) is 3.56. The molecular weight excluding hydrogens is 670 g/mol. The number of benzene rings is 4. The Morgan fingerprint density at radius 2 is 1.51 bits per heavy atom. The van der Waals surface area contributed by atoms with Crippen molar-refractivity contribution in [2.24, 2.45) is 0 Å². The van der Waals surface area contributed by atoms with Gasteiger partial charge in [0, 0.05) is 61.5 Å². The summed E-state index contributed by atoms with van der Waals surface area (Å²) < 4.78 is 32.0. The van der Waals surface area contributed by atoms with E-state index < -0.39 is 0 Å². The molecule has 0 aliphatic carbocycles. The van der Waals surface area contributed by atoms with Gasteiger partial charge in [0.15, 0.2) is 23.0 Å². The summed E-state index contributed by atoms with van der Waals surface area (Å²) in [6, 6.07) is 18.8. The topological polar surface area (TPSA) is 96.3 Å². The van der Waals surface area contributed by atoms with Gasteiger partial charge in [-0.1, -0.05) is 18.2 Å². The first-order valence-corrected chi connectivity index (χ1v) is 18.8. The first-order chi connectivity index (χ1) is 25.8. The first-order valence-electron chi connectivity index (χ1n) is 18.8. The lowest BCUT2D eigenvalue weighted by Crippen LogP contribution is -2.35. The van der Waals surface area contributed by atoms with Crippen LogP contribution in [0.15, 0.2) is 54.6 Å². The molecule has 5 aliphatic rings. The van der Waals surface area contributed by atoms with Crippen molar-refractivity contribution < 1.29 is 33.9 Å². The summed E-state index contributed by atoms with van der Waals surface area (Å²) in [5, 5.41) is 21.3. The van der Waals surface area contributed by atoms with E-state index in [-0.39, 0.29) is 24.8 Å². The lowest BCUT2D eigenvalue weighted by molar-refractivity contribution is 0.173. The maximum atomic E-state index is 10.8. The molecule has 9 rings (SSSR count). The monoisotopic (exact) mass is 721 g/mol. The van der Waals surface area contributed by atoms with E-state index in [0.29, 0.717) is 54.0 Å². The highest BCUT2D eigenvalue weighted by atomic mass is 16.5. The smallest absolute Gasteiger partial charge is 0.204 e. The van der Waals surface area contributed by atoms with E-state index in [0.717, 1.165) is 73.3 Å². The molecule has 280 valence electrons. The molecule has 0 saturated carbocycles. The molecule has 10 heteroatoms. The summed E-state index contributed by atoms with van der Waals surface area (Å²) >= 11 is 0. The Balaban J connectivity index is 1.37. The van der Waals surface area contributed by atoms with Gasteiger partial charge in [-0.3, -0.25) is 14.7 Å².